The molecule has 3 rings (SSSR count). The average Bonchev–Trinajstić information content (AvgIpc) is 3.07. The van der Waals surface area contributed by atoms with Crippen molar-refractivity contribution in [1.29, 1.82) is 0 Å². The van der Waals surface area contributed by atoms with Gasteiger partial charge in [-0.1, -0.05) is 50.2 Å². The average molecular weight is 364 g/mol. The fourth-order valence-electron chi connectivity index (χ4n) is 3.37. The van der Waals surface area contributed by atoms with Crippen molar-refractivity contribution in [2.24, 2.45) is 5.92 Å². The van der Waals surface area contributed by atoms with Gasteiger partial charge in [-0.25, -0.2) is 0 Å². The first-order valence-corrected chi connectivity index (χ1v) is 9.62. The smallest absolute Gasteiger partial charge is 0.267 e. The van der Waals surface area contributed by atoms with E-state index in [0.717, 1.165) is 22.2 Å². The van der Waals surface area contributed by atoms with Crippen molar-refractivity contribution in [3.05, 3.63) is 65.9 Å². The Balaban J connectivity index is 2.14. The topological polar surface area (TPSA) is 43.3 Å². The van der Waals surface area contributed by atoms with Gasteiger partial charge >= 0.3 is 0 Å². The van der Waals surface area contributed by atoms with Crippen molar-refractivity contribution in [2.45, 2.75) is 33.7 Å². The standard InChI is InChI=1S/C23H28N2O2/c1-5-27-22-13-9-12-20-19(22)14-21(23(26)24-15-16(2)3)25(20)17(4)18-10-7-6-8-11-18/h6-14,16-17H,5,15H2,1-4H3,(H,24,26). The van der Waals surface area contributed by atoms with E-state index in [-0.39, 0.29) is 11.9 Å². The molecule has 0 aliphatic heterocycles. The lowest BCUT2D eigenvalue weighted by atomic mass is 10.1. The molecule has 0 aliphatic rings. The zero-order chi connectivity index (χ0) is 19.4. The van der Waals surface area contributed by atoms with Crippen LogP contribution in [0.25, 0.3) is 10.9 Å². The van der Waals surface area contributed by atoms with Crippen LogP contribution in [0, 0.1) is 5.92 Å². The van der Waals surface area contributed by atoms with E-state index in [1.807, 2.05) is 43.3 Å². The van der Waals surface area contributed by atoms with E-state index in [4.69, 9.17) is 4.74 Å². The molecule has 0 saturated heterocycles. The minimum Gasteiger partial charge on any atom is -0.493 e. The van der Waals surface area contributed by atoms with Crippen LogP contribution in [0.5, 0.6) is 5.75 Å². The molecule has 0 aliphatic carbocycles. The Morgan fingerprint density at radius 1 is 1.07 bits per heavy atom. The van der Waals surface area contributed by atoms with E-state index in [2.05, 4.69) is 48.9 Å². The second-order valence-electron chi connectivity index (χ2n) is 7.21. The number of carbonyl (C=O) groups excluding carboxylic acids is 1. The fourth-order valence-corrected chi connectivity index (χ4v) is 3.37. The van der Waals surface area contributed by atoms with E-state index in [0.29, 0.717) is 24.8 Å². The molecule has 1 amide bonds. The zero-order valence-electron chi connectivity index (χ0n) is 16.5. The summed E-state index contributed by atoms with van der Waals surface area (Å²) in [5.41, 5.74) is 2.83. The van der Waals surface area contributed by atoms with Gasteiger partial charge in [-0.2, -0.15) is 0 Å². The zero-order valence-corrected chi connectivity index (χ0v) is 16.5. The van der Waals surface area contributed by atoms with Gasteiger partial charge in [0.1, 0.15) is 11.4 Å². The Bertz CT molecular complexity index is 913. The van der Waals surface area contributed by atoms with Gasteiger partial charge in [-0.05, 0) is 43.5 Å². The summed E-state index contributed by atoms with van der Waals surface area (Å²) < 4.78 is 7.92. The van der Waals surface area contributed by atoms with Crippen molar-refractivity contribution in [1.82, 2.24) is 9.88 Å². The molecule has 3 aromatic rings. The van der Waals surface area contributed by atoms with E-state index in [1.165, 1.54) is 0 Å². The molecule has 142 valence electrons. The monoisotopic (exact) mass is 364 g/mol. The number of fused-ring (bicyclic) bond motifs is 1. The first-order valence-electron chi connectivity index (χ1n) is 9.62. The summed E-state index contributed by atoms with van der Waals surface area (Å²) >= 11 is 0. The van der Waals surface area contributed by atoms with Crippen LogP contribution in [0.4, 0.5) is 0 Å². The lowest BCUT2D eigenvalue weighted by Gasteiger charge is -2.19. The number of nitrogens with one attached hydrogen (secondary N) is 1. The summed E-state index contributed by atoms with van der Waals surface area (Å²) in [7, 11) is 0. The molecule has 0 bridgehead atoms. The third-order valence-electron chi connectivity index (χ3n) is 4.72. The molecule has 1 unspecified atom stereocenters. The number of aromatic nitrogens is 1. The molecular weight excluding hydrogens is 336 g/mol. The Morgan fingerprint density at radius 2 is 1.81 bits per heavy atom. The van der Waals surface area contributed by atoms with Gasteiger partial charge in [0, 0.05) is 11.9 Å². The minimum absolute atomic E-state index is 0.0281. The van der Waals surface area contributed by atoms with Crippen LogP contribution in [0.15, 0.2) is 54.6 Å². The molecule has 1 N–H and O–H groups in total. The second-order valence-corrected chi connectivity index (χ2v) is 7.21. The third kappa shape index (κ3) is 4.00. The van der Waals surface area contributed by atoms with Gasteiger partial charge in [-0.15, -0.1) is 0 Å². The molecule has 0 radical (unpaired) electrons. The Kier molecular flexibility index (Phi) is 5.84. The highest BCUT2D eigenvalue weighted by molar-refractivity contribution is 6.00. The summed E-state index contributed by atoms with van der Waals surface area (Å²) in [5, 5.41) is 4.03. The molecule has 0 fully saturated rings. The number of amides is 1. The minimum atomic E-state index is -0.0508. The molecule has 0 spiro atoms. The Morgan fingerprint density at radius 3 is 2.48 bits per heavy atom. The van der Waals surface area contributed by atoms with Crippen molar-refractivity contribution in [3.63, 3.8) is 0 Å². The first-order chi connectivity index (χ1) is 13.0. The first kappa shape index (κ1) is 19.0. The van der Waals surface area contributed by atoms with E-state index in [9.17, 15) is 4.79 Å². The summed E-state index contributed by atoms with van der Waals surface area (Å²) in [5.74, 6) is 1.16. The van der Waals surface area contributed by atoms with Gasteiger partial charge in [0.05, 0.1) is 18.2 Å². The molecule has 27 heavy (non-hydrogen) atoms. The van der Waals surface area contributed by atoms with Gasteiger partial charge < -0.3 is 14.6 Å². The molecule has 4 heteroatoms. The molecule has 1 atom stereocenters. The van der Waals surface area contributed by atoms with Crippen LogP contribution in [-0.2, 0) is 0 Å². The number of nitrogens with zero attached hydrogens (tertiary/aromatic N) is 1. The molecule has 2 aromatic carbocycles. The number of hydrogen-bond acceptors (Lipinski definition) is 2. The highest BCUT2D eigenvalue weighted by Crippen LogP contribution is 2.33. The highest BCUT2D eigenvalue weighted by Gasteiger charge is 2.22. The van der Waals surface area contributed by atoms with Gasteiger partial charge in [0.15, 0.2) is 0 Å². The normalized spacial score (nSPS) is 12.3. The van der Waals surface area contributed by atoms with Crippen LogP contribution in [0.3, 0.4) is 0 Å². The maximum absolute atomic E-state index is 13.0. The fraction of sp³-hybridized carbons (Fsp3) is 0.348. The van der Waals surface area contributed by atoms with Crippen molar-refractivity contribution in [2.75, 3.05) is 13.2 Å². The largest absolute Gasteiger partial charge is 0.493 e. The van der Waals surface area contributed by atoms with E-state index < -0.39 is 0 Å². The van der Waals surface area contributed by atoms with Crippen LogP contribution in [0.2, 0.25) is 0 Å². The number of ether oxygens (including phenoxy) is 1. The molecular formula is C23H28N2O2. The number of benzene rings is 2. The lowest BCUT2D eigenvalue weighted by Crippen LogP contribution is -2.29. The summed E-state index contributed by atoms with van der Waals surface area (Å²) in [6.45, 7) is 9.52. The molecule has 1 aromatic heterocycles. The second kappa shape index (κ2) is 8.30. The summed E-state index contributed by atoms with van der Waals surface area (Å²) in [6, 6.07) is 18.2. The Hall–Kier alpha value is -2.75. The van der Waals surface area contributed by atoms with Gasteiger partial charge in [-0.3, -0.25) is 4.79 Å². The lowest BCUT2D eigenvalue weighted by molar-refractivity contribution is 0.0939. The van der Waals surface area contributed by atoms with Crippen molar-refractivity contribution in [3.8, 4) is 5.75 Å². The summed E-state index contributed by atoms with van der Waals surface area (Å²) in [4.78, 5) is 13.0. The molecule has 4 nitrogen and oxygen atoms in total. The van der Waals surface area contributed by atoms with E-state index in [1.54, 1.807) is 0 Å². The van der Waals surface area contributed by atoms with Crippen molar-refractivity contribution >= 4 is 16.8 Å². The predicted molar refractivity (Wildman–Crippen MR) is 111 cm³/mol. The van der Waals surface area contributed by atoms with Crippen LogP contribution in [0.1, 0.15) is 49.8 Å². The number of hydrogen-bond donors (Lipinski definition) is 1. The third-order valence-corrected chi connectivity index (χ3v) is 4.72. The van der Waals surface area contributed by atoms with Gasteiger partial charge in [0.2, 0.25) is 0 Å². The molecule has 1 heterocycles. The van der Waals surface area contributed by atoms with Crippen LogP contribution >= 0.6 is 0 Å². The Labute approximate surface area is 161 Å². The number of carbonyl (C=O) groups is 1. The van der Waals surface area contributed by atoms with Gasteiger partial charge in [0.25, 0.3) is 5.91 Å². The van der Waals surface area contributed by atoms with Crippen LogP contribution < -0.4 is 10.1 Å². The highest BCUT2D eigenvalue weighted by atomic mass is 16.5. The molecule has 0 saturated carbocycles. The maximum Gasteiger partial charge on any atom is 0.267 e. The SMILES string of the molecule is CCOc1cccc2c1cc(C(=O)NCC(C)C)n2C(C)c1ccccc1. The quantitative estimate of drug-likeness (QED) is 0.638. The van der Waals surface area contributed by atoms with Crippen LogP contribution in [-0.4, -0.2) is 23.6 Å². The predicted octanol–water partition coefficient (Wildman–Crippen LogP) is 5.04. The summed E-state index contributed by atoms with van der Waals surface area (Å²) in [6.07, 6.45) is 0. The van der Waals surface area contributed by atoms with Crippen molar-refractivity contribution < 1.29 is 9.53 Å². The van der Waals surface area contributed by atoms with E-state index >= 15 is 0 Å². The number of rotatable bonds is 7. The maximum atomic E-state index is 13.0.